The zero-order valence-corrected chi connectivity index (χ0v) is 13.6. The first-order valence-electron chi connectivity index (χ1n) is 7.13. The largest absolute Gasteiger partial charge is 0.293 e. The van der Waals surface area contributed by atoms with Crippen LogP contribution in [-0.2, 0) is 6.54 Å². The van der Waals surface area contributed by atoms with Crippen LogP contribution in [0.5, 0.6) is 0 Å². The lowest BCUT2D eigenvalue weighted by molar-refractivity contribution is 0.0898. The highest BCUT2D eigenvalue weighted by molar-refractivity contribution is 5.97. The molecule has 0 bridgehead atoms. The summed E-state index contributed by atoms with van der Waals surface area (Å²) in [5, 5.41) is 0. The van der Waals surface area contributed by atoms with Gasteiger partial charge in [-0.1, -0.05) is 30.3 Å². The molecule has 0 heterocycles. The van der Waals surface area contributed by atoms with Crippen molar-refractivity contribution in [1.29, 1.82) is 0 Å². The second kappa shape index (κ2) is 8.66. The van der Waals surface area contributed by atoms with Crippen molar-refractivity contribution in [2.45, 2.75) is 26.4 Å². The van der Waals surface area contributed by atoms with Crippen LogP contribution < -0.4 is 0 Å². The molecule has 0 fully saturated rings. The number of carbonyl (C=O) groups excluding carboxylic acids is 1. The first-order chi connectivity index (χ1) is 10.1. The van der Waals surface area contributed by atoms with Gasteiger partial charge in [0.2, 0.25) is 0 Å². The summed E-state index contributed by atoms with van der Waals surface area (Å²) >= 11 is 0. The summed E-state index contributed by atoms with van der Waals surface area (Å²) in [5.74, 6) is -0.309. The van der Waals surface area contributed by atoms with E-state index in [0.29, 0.717) is 12.1 Å². The van der Waals surface area contributed by atoms with Gasteiger partial charge in [-0.2, -0.15) is 0 Å². The van der Waals surface area contributed by atoms with Crippen molar-refractivity contribution in [3.63, 3.8) is 0 Å². The standard InChI is InChI=1S/C18H20FNO.ClH/c1-14(2)20(12-15-6-4-3-5-7-15)13-18(21)16-8-10-17(19)11-9-16;/h3-11,14H,12-13H2,1-2H3;1H. The number of halogens is 2. The molecule has 0 N–H and O–H groups in total. The molecule has 0 saturated carbocycles. The average molecular weight is 322 g/mol. The summed E-state index contributed by atoms with van der Waals surface area (Å²) in [5.41, 5.74) is 1.73. The van der Waals surface area contributed by atoms with E-state index < -0.39 is 0 Å². The Morgan fingerprint density at radius 3 is 2.18 bits per heavy atom. The van der Waals surface area contributed by atoms with Gasteiger partial charge in [-0.25, -0.2) is 4.39 Å². The van der Waals surface area contributed by atoms with Gasteiger partial charge in [0.1, 0.15) is 5.82 Å². The van der Waals surface area contributed by atoms with E-state index in [9.17, 15) is 9.18 Å². The van der Waals surface area contributed by atoms with E-state index in [0.717, 1.165) is 6.54 Å². The third-order valence-corrected chi connectivity index (χ3v) is 3.47. The van der Waals surface area contributed by atoms with Gasteiger partial charge >= 0.3 is 0 Å². The van der Waals surface area contributed by atoms with Gasteiger partial charge in [-0.3, -0.25) is 9.69 Å². The van der Waals surface area contributed by atoms with E-state index >= 15 is 0 Å². The molecule has 0 saturated heterocycles. The third-order valence-electron chi connectivity index (χ3n) is 3.47. The zero-order chi connectivity index (χ0) is 15.2. The van der Waals surface area contributed by atoms with Crippen molar-refractivity contribution in [2.75, 3.05) is 6.54 Å². The Balaban J connectivity index is 0.00000242. The highest BCUT2D eigenvalue weighted by atomic mass is 35.5. The Hall–Kier alpha value is -1.71. The van der Waals surface area contributed by atoms with E-state index in [1.807, 2.05) is 18.2 Å². The first-order valence-corrected chi connectivity index (χ1v) is 7.13. The topological polar surface area (TPSA) is 20.3 Å². The number of Topliss-reactive ketones (excluding diaryl/α,β-unsaturated/α-hetero) is 1. The van der Waals surface area contributed by atoms with Gasteiger partial charge in [0.05, 0.1) is 6.54 Å². The molecular formula is C18H21ClFNO. The van der Waals surface area contributed by atoms with Crippen LogP contribution in [0.2, 0.25) is 0 Å². The fourth-order valence-corrected chi connectivity index (χ4v) is 2.15. The lowest BCUT2D eigenvalue weighted by Crippen LogP contribution is -2.35. The molecule has 2 rings (SSSR count). The minimum absolute atomic E-state index is 0. The molecule has 0 spiro atoms. The number of nitrogens with zero attached hydrogens (tertiary/aromatic N) is 1. The molecule has 0 aromatic heterocycles. The van der Waals surface area contributed by atoms with Gasteiger partial charge in [-0.15, -0.1) is 12.4 Å². The summed E-state index contributed by atoms with van der Waals surface area (Å²) in [7, 11) is 0. The van der Waals surface area contributed by atoms with Crippen LogP contribution in [-0.4, -0.2) is 23.3 Å². The maximum Gasteiger partial charge on any atom is 0.176 e. The number of carbonyl (C=O) groups is 1. The summed E-state index contributed by atoms with van der Waals surface area (Å²) in [6.45, 7) is 5.20. The Kier molecular flexibility index (Phi) is 7.22. The van der Waals surface area contributed by atoms with Gasteiger partial charge in [-0.05, 0) is 43.7 Å². The highest BCUT2D eigenvalue weighted by Crippen LogP contribution is 2.11. The predicted molar refractivity (Wildman–Crippen MR) is 90.0 cm³/mol. The summed E-state index contributed by atoms with van der Waals surface area (Å²) in [6, 6.07) is 16.1. The molecule has 0 aliphatic heterocycles. The van der Waals surface area contributed by atoms with E-state index in [-0.39, 0.29) is 30.0 Å². The molecule has 2 aromatic carbocycles. The van der Waals surface area contributed by atoms with Crippen LogP contribution in [0.25, 0.3) is 0 Å². The molecule has 2 aromatic rings. The maximum absolute atomic E-state index is 12.9. The summed E-state index contributed by atoms with van der Waals surface area (Å²) < 4.78 is 12.9. The summed E-state index contributed by atoms with van der Waals surface area (Å²) in [6.07, 6.45) is 0. The Labute approximate surface area is 137 Å². The fraction of sp³-hybridized carbons (Fsp3) is 0.278. The molecule has 0 unspecified atom stereocenters. The molecular weight excluding hydrogens is 301 g/mol. The Morgan fingerprint density at radius 2 is 1.64 bits per heavy atom. The zero-order valence-electron chi connectivity index (χ0n) is 12.8. The second-order valence-corrected chi connectivity index (χ2v) is 5.41. The van der Waals surface area contributed by atoms with Crippen LogP contribution in [0, 0.1) is 5.82 Å². The number of ketones is 1. The minimum atomic E-state index is -0.323. The van der Waals surface area contributed by atoms with E-state index in [2.05, 4.69) is 30.9 Å². The normalized spacial score (nSPS) is 10.6. The first kappa shape index (κ1) is 18.3. The molecule has 0 radical (unpaired) electrons. The lowest BCUT2D eigenvalue weighted by atomic mass is 10.1. The van der Waals surface area contributed by atoms with Crippen molar-refractivity contribution < 1.29 is 9.18 Å². The summed E-state index contributed by atoms with van der Waals surface area (Å²) in [4.78, 5) is 14.4. The van der Waals surface area contributed by atoms with Crippen molar-refractivity contribution in [1.82, 2.24) is 4.90 Å². The molecule has 22 heavy (non-hydrogen) atoms. The number of benzene rings is 2. The molecule has 2 nitrogen and oxygen atoms in total. The lowest BCUT2D eigenvalue weighted by Gasteiger charge is -2.25. The molecule has 118 valence electrons. The smallest absolute Gasteiger partial charge is 0.176 e. The van der Waals surface area contributed by atoms with Gasteiger partial charge in [0.15, 0.2) is 5.78 Å². The van der Waals surface area contributed by atoms with Crippen LogP contribution in [0.1, 0.15) is 29.8 Å². The van der Waals surface area contributed by atoms with Gasteiger partial charge < -0.3 is 0 Å². The molecule has 0 atom stereocenters. The number of hydrogen-bond donors (Lipinski definition) is 0. The van der Waals surface area contributed by atoms with Crippen molar-refractivity contribution in [3.8, 4) is 0 Å². The van der Waals surface area contributed by atoms with E-state index in [1.54, 1.807) is 12.1 Å². The van der Waals surface area contributed by atoms with Gasteiger partial charge in [0.25, 0.3) is 0 Å². The van der Waals surface area contributed by atoms with Gasteiger partial charge in [0, 0.05) is 18.2 Å². The van der Waals surface area contributed by atoms with Crippen molar-refractivity contribution in [2.24, 2.45) is 0 Å². The van der Waals surface area contributed by atoms with Crippen LogP contribution in [0.15, 0.2) is 54.6 Å². The molecule has 4 heteroatoms. The molecule has 0 aliphatic carbocycles. The van der Waals surface area contributed by atoms with E-state index in [4.69, 9.17) is 0 Å². The van der Waals surface area contributed by atoms with Crippen molar-refractivity contribution in [3.05, 3.63) is 71.5 Å². The van der Waals surface area contributed by atoms with Crippen LogP contribution in [0.3, 0.4) is 0 Å². The Morgan fingerprint density at radius 1 is 1.05 bits per heavy atom. The molecule has 0 aliphatic rings. The number of hydrogen-bond acceptors (Lipinski definition) is 2. The average Bonchev–Trinajstić information content (AvgIpc) is 2.48. The van der Waals surface area contributed by atoms with Crippen LogP contribution in [0.4, 0.5) is 4.39 Å². The quantitative estimate of drug-likeness (QED) is 0.738. The van der Waals surface area contributed by atoms with E-state index in [1.165, 1.54) is 17.7 Å². The minimum Gasteiger partial charge on any atom is -0.293 e. The van der Waals surface area contributed by atoms with Crippen LogP contribution >= 0.6 is 12.4 Å². The molecule has 0 amide bonds. The predicted octanol–water partition coefficient (Wildman–Crippen LogP) is 4.34. The highest BCUT2D eigenvalue weighted by Gasteiger charge is 2.15. The number of rotatable bonds is 6. The third kappa shape index (κ3) is 5.24. The SMILES string of the molecule is CC(C)N(CC(=O)c1ccc(F)cc1)Cc1ccccc1.Cl. The monoisotopic (exact) mass is 321 g/mol. The Bertz CT molecular complexity index is 584. The maximum atomic E-state index is 12.9. The van der Waals surface area contributed by atoms with Crippen molar-refractivity contribution >= 4 is 18.2 Å². The fourth-order valence-electron chi connectivity index (χ4n) is 2.15. The second-order valence-electron chi connectivity index (χ2n) is 5.41.